The van der Waals surface area contributed by atoms with Crippen LogP contribution in [0.3, 0.4) is 0 Å². The highest BCUT2D eigenvalue weighted by Crippen LogP contribution is 2.46. The van der Waals surface area contributed by atoms with Crippen LogP contribution in [-0.2, 0) is 0 Å². The highest BCUT2D eigenvalue weighted by atomic mass is 16.5. The van der Waals surface area contributed by atoms with Crippen LogP contribution in [0, 0.1) is 0 Å². The molecule has 0 fully saturated rings. The molecule has 4 nitrogen and oxygen atoms in total. The Morgan fingerprint density at radius 1 is 0.441 bits per heavy atom. The first kappa shape index (κ1) is 26.0. The second-order valence-corrected chi connectivity index (χ2v) is 8.88. The molecule has 186 valence electrons. The Labute approximate surface area is 205 Å². The largest absolute Gasteiger partial charge is 0.494 e. The summed E-state index contributed by atoms with van der Waals surface area (Å²) < 4.78 is 24.9. The van der Waals surface area contributed by atoms with Crippen molar-refractivity contribution in [3.05, 3.63) is 36.4 Å². The number of benzene rings is 3. The zero-order valence-corrected chi connectivity index (χ0v) is 21.6. The van der Waals surface area contributed by atoms with Gasteiger partial charge in [0.25, 0.3) is 0 Å². The molecule has 3 aromatic rings. The van der Waals surface area contributed by atoms with E-state index in [4.69, 9.17) is 18.9 Å². The number of hydrogen-bond donors (Lipinski definition) is 0. The quantitative estimate of drug-likeness (QED) is 0.156. The summed E-state index contributed by atoms with van der Waals surface area (Å²) in [5, 5.41) is 4.34. The van der Waals surface area contributed by atoms with Crippen molar-refractivity contribution < 1.29 is 18.9 Å². The van der Waals surface area contributed by atoms with E-state index >= 15 is 0 Å². The van der Waals surface area contributed by atoms with Gasteiger partial charge in [-0.15, -0.1) is 0 Å². The zero-order valence-electron chi connectivity index (χ0n) is 21.6. The molecule has 0 unspecified atom stereocenters. The third-order valence-corrected chi connectivity index (χ3v) is 5.99. The molecule has 0 aromatic heterocycles. The summed E-state index contributed by atoms with van der Waals surface area (Å²) >= 11 is 0. The number of fused-ring (bicyclic) bond motifs is 3. The van der Waals surface area contributed by atoms with Gasteiger partial charge in [-0.25, -0.2) is 0 Å². The van der Waals surface area contributed by atoms with Gasteiger partial charge in [0, 0.05) is 10.8 Å². The second-order valence-electron chi connectivity index (χ2n) is 8.88. The van der Waals surface area contributed by atoms with Crippen LogP contribution in [-0.4, -0.2) is 26.4 Å². The summed E-state index contributed by atoms with van der Waals surface area (Å²) in [6.45, 7) is 11.5. The normalized spacial score (nSPS) is 11.2. The Morgan fingerprint density at radius 2 is 0.794 bits per heavy atom. The van der Waals surface area contributed by atoms with E-state index in [9.17, 15) is 0 Å². The molecule has 0 heterocycles. The van der Waals surface area contributed by atoms with Crippen LogP contribution >= 0.6 is 0 Å². The predicted octanol–water partition coefficient (Wildman–Crippen LogP) is 8.71. The molecule has 0 saturated carbocycles. The Bertz CT molecular complexity index is 945. The number of unbranched alkanes of at least 4 members (excludes halogenated alkanes) is 4. The average Bonchev–Trinajstić information content (AvgIpc) is 2.86. The fourth-order valence-corrected chi connectivity index (χ4v) is 3.91. The van der Waals surface area contributed by atoms with Gasteiger partial charge >= 0.3 is 0 Å². The molecule has 34 heavy (non-hydrogen) atoms. The molecule has 4 heteroatoms. The third-order valence-electron chi connectivity index (χ3n) is 5.99. The Kier molecular flexibility index (Phi) is 10.7. The number of rotatable bonds is 16. The second kappa shape index (κ2) is 13.9. The fraction of sp³-hybridized carbons (Fsp3) is 0.533. The van der Waals surface area contributed by atoms with Gasteiger partial charge in [0.05, 0.1) is 26.4 Å². The van der Waals surface area contributed by atoms with Crippen molar-refractivity contribution in [1.29, 1.82) is 0 Å². The molecule has 0 amide bonds. The van der Waals surface area contributed by atoms with Crippen LogP contribution < -0.4 is 18.9 Å². The molecule has 0 aliphatic carbocycles. The van der Waals surface area contributed by atoms with Crippen molar-refractivity contribution in [2.75, 3.05) is 26.4 Å². The van der Waals surface area contributed by atoms with Gasteiger partial charge in [0.15, 0.2) is 11.5 Å². The van der Waals surface area contributed by atoms with Gasteiger partial charge < -0.3 is 18.9 Å². The van der Waals surface area contributed by atoms with Crippen LogP contribution in [0.1, 0.15) is 79.1 Å². The van der Waals surface area contributed by atoms with Crippen molar-refractivity contribution in [1.82, 2.24) is 0 Å². The predicted molar refractivity (Wildman–Crippen MR) is 143 cm³/mol. The molecule has 0 bridgehead atoms. The molecule has 0 aliphatic heterocycles. The first-order chi connectivity index (χ1) is 16.7. The topological polar surface area (TPSA) is 36.9 Å². The van der Waals surface area contributed by atoms with Crippen LogP contribution in [0.2, 0.25) is 0 Å². The van der Waals surface area contributed by atoms with E-state index in [1.807, 2.05) is 12.1 Å². The minimum absolute atomic E-state index is 0.675. The van der Waals surface area contributed by atoms with Gasteiger partial charge in [0.1, 0.15) is 11.5 Å². The summed E-state index contributed by atoms with van der Waals surface area (Å²) in [5.74, 6) is 3.45. The van der Waals surface area contributed by atoms with Crippen LogP contribution in [0.5, 0.6) is 23.0 Å². The van der Waals surface area contributed by atoms with Crippen molar-refractivity contribution in [3.63, 3.8) is 0 Å². The van der Waals surface area contributed by atoms with Crippen molar-refractivity contribution >= 4 is 21.5 Å². The van der Waals surface area contributed by atoms with E-state index in [0.29, 0.717) is 13.2 Å². The van der Waals surface area contributed by atoms with Crippen molar-refractivity contribution in [3.8, 4) is 23.0 Å². The SMILES string of the molecule is CCCCOc1ccc2c(OCCCC)c(OCCCC)c3ccc(OCCCC)cc3c2c1. The minimum Gasteiger partial charge on any atom is -0.494 e. The zero-order chi connectivity index (χ0) is 24.2. The van der Waals surface area contributed by atoms with Gasteiger partial charge in [0.2, 0.25) is 0 Å². The Hall–Kier alpha value is -2.62. The first-order valence-corrected chi connectivity index (χ1v) is 13.3. The van der Waals surface area contributed by atoms with Crippen LogP contribution in [0.25, 0.3) is 21.5 Å². The lowest BCUT2D eigenvalue weighted by Crippen LogP contribution is -2.04. The molecule has 0 N–H and O–H groups in total. The average molecular weight is 467 g/mol. The summed E-state index contributed by atoms with van der Waals surface area (Å²) in [4.78, 5) is 0. The van der Waals surface area contributed by atoms with Gasteiger partial charge in [-0.2, -0.15) is 0 Å². The van der Waals surface area contributed by atoms with E-state index < -0.39 is 0 Å². The number of ether oxygens (including phenoxy) is 4. The standard InChI is InChI=1S/C30H42O4/c1-5-9-17-31-23-13-15-25-27(21-23)28-22-24(32-18-10-6-2)14-16-26(28)30(34-20-12-8-4)29(25)33-19-11-7-3/h13-16,21-22H,5-12,17-20H2,1-4H3. The summed E-state index contributed by atoms with van der Waals surface area (Å²) in [7, 11) is 0. The van der Waals surface area contributed by atoms with E-state index in [2.05, 4.69) is 52.0 Å². The van der Waals surface area contributed by atoms with Gasteiger partial charge in [-0.05, 0) is 72.9 Å². The minimum atomic E-state index is 0.675. The molecule has 3 rings (SSSR count). The monoisotopic (exact) mass is 466 g/mol. The molecule has 0 atom stereocenters. The molecule has 0 aliphatic rings. The maximum Gasteiger partial charge on any atom is 0.169 e. The summed E-state index contributed by atoms with van der Waals surface area (Å²) in [6.07, 6.45) is 8.52. The Morgan fingerprint density at radius 3 is 1.15 bits per heavy atom. The lowest BCUT2D eigenvalue weighted by molar-refractivity contribution is 0.267. The first-order valence-electron chi connectivity index (χ1n) is 13.3. The smallest absolute Gasteiger partial charge is 0.169 e. The molecule has 0 spiro atoms. The Balaban J connectivity index is 2.15. The number of hydrogen-bond acceptors (Lipinski definition) is 4. The van der Waals surface area contributed by atoms with Gasteiger partial charge in [-0.1, -0.05) is 53.4 Å². The maximum absolute atomic E-state index is 6.38. The molecular weight excluding hydrogens is 424 g/mol. The van der Waals surface area contributed by atoms with Crippen LogP contribution in [0.15, 0.2) is 36.4 Å². The summed E-state index contributed by atoms with van der Waals surface area (Å²) in [5.41, 5.74) is 0. The van der Waals surface area contributed by atoms with E-state index in [0.717, 1.165) is 109 Å². The van der Waals surface area contributed by atoms with E-state index in [1.54, 1.807) is 0 Å². The lowest BCUT2D eigenvalue weighted by atomic mass is 9.99. The highest BCUT2D eigenvalue weighted by Gasteiger charge is 2.19. The highest BCUT2D eigenvalue weighted by molar-refractivity contribution is 6.14. The molecular formula is C30H42O4. The van der Waals surface area contributed by atoms with Crippen molar-refractivity contribution in [2.24, 2.45) is 0 Å². The molecule has 3 aromatic carbocycles. The third kappa shape index (κ3) is 6.71. The molecule has 0 saturated heterocycles. The molecule has 0 radical (unpaired) electrons. The van der Waals surface area contributed by atoms with E-state index in [1.165, 1.54) is 0 Å². The van der Waals surface area contributed by atoms with E-state index in [-0.39, 0.29) is 0 Å². The van der Waals surface area contributed by atoms with Gasteiger partial charge in [-0.3, -0.25) is 0 Å². The fourth-order valence-electron chi connectivity index (χ4n) is 3.91. The van der Waals surface area contributed by atoms with Crippen molar-refractivity contribution in [2.45, 2.75) is 79.1 Å². The lowest BCUT2D eigenvalue weighted by Gasteiger charge is -2.20. The van der Waals surface area contributed by atoms with Crippen LogP contribution in [0.4, 0.5) is 0 Å². The summed E-state index contributed by atoms with van der Waals surface area (Å²) in [6, 6.07) is 12.6. The maximum atomic E-state index is 6.38.